The monoisotopic (exact) mass is 385 g/mol. The smallest absolute Gasteiger partial charge is 0.169 e. The second-order valence-electron chi connectivity index (χ2n) is 8.87. The molecule has 1 aromatic carbocycles. The molecule has 1 aliphatic rings. The summed E-state index contributed by atoms with van der Waals surface area (Å²) >= 11 is 5.83. The van der Waals surface area contributed by atoms with Gasteiger partial charge in [0.2, 0.25) is 0 Å². The van der Waals surface area contributed by atoms with Gasteiger partial charge in [-0.15, -0.1) is 0 Å². The minimum Gasteiger partial charge on any atom is -0.467 e. The fourth-order valence-corrected chi connectivity index (χ4v) is 4.58. The van der Waals surface area contributed by atoms with Gasteiger partial charge in [-0.25, -0.2) is 0 Å². The van der Waals surface area contributed by atoms with Gasteiger partial charge in [-0.1, -0.05) is 30.3 Å². The second kappa shape index (κ2) is 8.03. The molecule has 2 aromatic rings. The zero-order chi connectivity index (χ0) is 19.5. The molecule has 0 saturated carbocycles. The van der Waals surface area contributed by atoms with E-state index >= 15 is 0 Å². The summed E-state index contributed by atoms with van der Waals surface area (Å²) in [5.74, 6) is 0.918. The van der Waals surface area contributed by atoms with E-state index in [1.54, 1.807) is 6.26 Å². The summed E-state index contributed by atoms with van der Waals surface area (Å²) in [6.07, 6.45) is 3.79. The highest BCUT2D eigenvalue weighted by atomic mass is 32.1. The fraction of sp³-hybridized carbons (Fsp3) is 0.500. The fourth-order valence-electron chi connectivity index (χ4n) is 4.28. The molecule has 0 amide bonds. The molecule has 0 atom stereocenters. The minimum absolute atomic E-state index is 0.0836. The Morgan fingerprint density at radius 1 is 1.07 bits per heavy atom. The van der Waals surface area contributed by atoms with Crippen LogP contribution < -0.4 is 10.6 Å². The van der Waals surface area contributed by atoms with Crippen molar-refractivity contribution >= 4 is 17.3 Å². The molecule has 5 heteroatoms. The highest BCUT2D eigenvalue weighted by Crippen LogP contribution is 2.28. The number of nitrogens with zero attached hydrogens (tertiary/aromatic N) is 1. The van der Waals surface area contributed by atoms with Gasteiger partial charge in [-0.2, -0.15) is 0 Å². The maximum Gasteiger partial charge on any atom is 0.169 e. The summed E-state index contributed by atoms with van der Waals surface area (Å²) in [5.41, 5.74) is 1.40. The van der Waals surface area contributed by atoms with Crippen molar-refractivity contribution < 1.29 is 4.42 Å². The van der Waals surface area contributed by atoms with Crippen LogP contribution in [-0.2, 0) is 13.1 Å². The number of hydrogen-bond donors (Lipinski definition) is 2. The predicted molar refractivity (Wildman–Crippen MR) is 114 cm³/mol. The highest BCUT2D eigenvalue weighted by Gasteiger charge is 2.38. The lowest BCUT2D eigenvalue weighted by Gasteiger charge is -2.47. The number of rotatable bonds is 5. The van der Waals surface area contributed by atoms with Gasteiger partial charge >= 0.3 is 0 Å². The number of thiocarbonyl (C=S) groups is 1. The molecule has 27 heavy (non-hydrogen) atoms. The minimum atomic E-state index is 0.0836. The predicted octanol–water partition coefficient (Wildman–Crippen LogP) is 4.47. The first-order valence-electron chi connectivity index (χ1n) is 9.64. The molecule has 0 spiro atoms. The topological polar surface area (TPSA) is 40.4 Å². The summed E-state index contributed by atoms with van der Waals surface area (Å²) in [5, 5.41) is 8.15. The molecule has 0 radical (unpaired) electrons. The molecule has 4 nitrogen and oxygen atoms in total. The lowest BCUT2D eigenvalue weighted by atomic mass is 9.80. The number of furan rings is 1. The molecule has 1 aromatic heterocycles. The average Bonchev–Trinajstić information content (AvgIpc) is 3.05. The second-order valence-corrected chi connectivity index (χ2v) is 9.26. The first-order chi connectivity index (χ1) is 12.7. The Morgan fingerprint density at radius 3 is 2.33 bits per heavy atom. The van der Waals surface area contributed by atoms with E-state index in [4.69, 9.17) is 16.6 Å². The van der Waals surface area contributed by atoms with Crippen molar-refractivity contribution in [2.24, 2.45) is 0 Å². The third-order valence-electron chi connectivity index (χ3n) is 4.95. The molecule has 1 saturated heterocycles. The third kappa shape index (κ3) is 5.81. The van der Waals surface area contributed by atoms with Gasteiger partial charge in [-0.3, -0.25) is 0 Å². The van der Waals surface area contributed by atoms with Gasteiger partial charge in [-0.05, 0) is 70.5 Å². The van der Waals surface area contributed by atoms with E-state index in [1.807, 2.05) is 18.2 Å². The lowest BCUT2D eigenvalue weighted by Crippen LogP contribution is -2.62. The van der Waals surface area contributed by atoms with E-state index in [2.05, 4.69) is 67.5 Å². The SMILES string of the molecule is CC1(C)CC(NC(=S)N(Cc2ccccc2)Cc2ccco2)CC(C)(C)N1. The van der Waals surface area contributed by atoms with Crippen molar-refractivity contribution in [3.05, 3.63) is 60.1 Å². The molecule has 0 aliphatic carbocycles. The van der Waals surface area contributed by atoms with Gasteiger partial charge in [0, 0.05) is 23.7 Å². The third-order valence-corrected chi connectivity index (χ3v) is 5.32. The maximum atomic E-state index is 5.83. The van der Waals surface area contributed by atoms with Crippen molar-refractivity contribution in [1.82, 2.24) is 15.5 Å². The first-order valence-corrected chi connectivity index (χ1v) is 10.0. The van der Waals surface area contributed by atoms with Crippen molar-refractivity contribution in [1.29, 1.82) is 0 Å². The maximum absolute atomic E-state index is 5.83. The zero-order valence-electron chi connectivity index (χ0n) is 16.8. The summed E-state index contributed by atoms with van der Waals surface area (Å²) in [6.45, 7) is 10.5. The van der Waals surface area contributed by atoms with E-state index in [9.17, 15) is 0 Å². The van der Waals surface area contributed by atoms with Crippen molar-refractivity contribution in [2.45, 2.75) is 70.7 Å². The van der Waals surface area contributed by atoms with E-state index in [0.717, 1.165) is 30.3 Å². The van der Waals surface area contributed by atoms with Crippen molar-refractivity contribution in [3.8, 4) is 0 Å². The number of hydrogen-bond acceptors (Lipinski definition) is 3. The van der Waals surface area contributed by atoms with E-state index < -0.39 is 0 Å². The number of nitrogens with one attached hydrogen (secondary N) is 2. The van der Waals surface area contributed by atoms with Crippen molar-refractivity contribution in [2.75, 3.05) is 0 Å². The molecule has 2 N–H and O–H groups in total. The average molecular weight is 386 g/mol. The lowest BCUT2D eigenvalue weighted by molar-refractivity contribution is 0.153. The Balaban J connectivity index is 1.72. The van der Waals surface area contributed by atoms with Crippen LogP contribution in [0.4, 0.5) is 0 Å². The molecular weight excluding hydrogens is 354 g/mol. The van der Waals surface area contributed by atoms with Gasteiger partial charge in [0.1, 0.15) is 5.76 Å². The molecular formula is C22H31N3OS. The Kier molecular flexibility index (Phi) is 5.92. The van der Waals surface area contributed by atoms with Crippen LogP contribution >= 0.6 is 12.2 Å². The summed E-state index contributed by atoms with van der Waals surface area (Å²) in [4.78, 5) is 2.19. The Hall–Kier alpha value is -1.85. The van der Waals surface area contributed by atoms with Crippen LogP contribution in [0.2, 0.25) is 0 Å². The number of piperidine rings is 1. The Bertz CT molecular complexity index is 724. The molecule has 2 heterocycles. The van der Waals surface area contributed by atoms with Crippen LogP contribution in [-0.4, -0.2) is 27.1 Å². The van der Waals surface area contributed by atoms with E-state index in [-0.39, 0.29) is 11.1 Å². The molecule has 0 unspecified atom stereocenters. The van der Waals surface area contributed by atoms with Crippen LogP contribution in [0.3, 0.4) is 0 Å². The van der Waals surface area contributed by atoms with Gasteiger partial charge < -0.3 is 20.0 Å². The highest BCUT2D eigenvalue weighted by molar-refractivity contribution is 7.80. The zero-order valence-corrected chi connectivity index (χ0v) is 17.6. The Labute approximate surface area is 168 Å². The first kappa shape index (κ1) is 19.9. The van der Waals surface area contributed by atoms with Crippen molar-refractivity contribution in [3.63, 3.8) is 0 Å². The largest absolute Gasteiger partial charge is 0.467 e. The molecule has 0 bridgehead atoms. The van der Waals surface area contributed by atoms with Crippen LogP contribution in [0.5, 0.6) is 0 Å². The van der Waals surface area contributed by atoms with Gasteiger partial charge in [0.25, 0.3) is 0 Å². The van der Waals surface area contributed by atoms with Crippen LogP contribution in [0.15, 0.2) is 53.1 Å². The van der Waals surface area contributed by atoms with Crippen LogP contribution in [0.1, 0.15) is 51.9 Å². The van der Waals surface area contributed by atoms with E-state index in [1.165, 1.54) is 5.56 Å². The van der Waals surface area contributed by atoms with Gasteiger partial charge in [0.05, 0.1) is 12.8 Å². The van der Waals surface area contributed by atoms with Gasteiger partial charge in [0.15, 0.2) is 5.11 Å². The van der Waals surface area contributed by atoms with Crippen LogP contribution in [0.25, 0.3) is 0 Å². The Morgan fingerprint density at radius 2 is 1.74 bits per heavy atom. The summed E-state index contributed by atoms with van der Waals surface area (Å²) in [7, 11) is 0. The normalized spacial score (nSPS) is 18.8. The standard InChI is InChI=1S/C22H31N3OS/c1-21(2)13-18(14-22(3,4)24-21)23-20(27)25(16-19-11-8-12-26-19)15-17-9-6-5-7-10-17/h5-12,18,24H,13-16H2,1-4H3,(H,23,27). The molecule has 1 fully saturated rings. The molecule has 3 rings (SSSR count). The summed E-state index contributed by atoms with van der Waals surface area (Å²) < 4.78 is 5.57. The van der Waals surface area contributed by atoms with Crippen LogP contribution in [0, 0.1) is 0 Å². The quantitative estimate of drug-likeness (QED) is 0.744. The van der Waals surface area contributed by atoms with E-state index in [0.29, 0.717) is 12.6 Å². The molecule has 146 valence electrons. The summed E-state index contributed by atoms with van der Waals surface area (Å²) in [6, 6.07) is 14.7. The molecule has 1 aliphatic heterocycles. The number of benzene rings is 1.